The van der Waals surface area contributed by atoms with Crippen LogP contribution in [0.25, 0.3) is 0 Å². The summed E-state index contributed by atoms with van der Waals surface area (Å²) in [6, 6.07) is 2.24. The van der Waals surface area contributed by atoms with Crippen molar-refractivity contribution in [3.05, 3.63) is 23.2 Å². The summed E-state index contributed by atoms with van der Waals surface area (Å²) in [5.41, 5.74) is 1.32. The van der Waals surface area contributed by atoms with Gasteiger partial charge in [-0.25, -0.2) is 0 Å². The summed E-state index contributed by atoms with van der Waals surface area (Å²) in [7, 11) is 0. The molecule has 0 spiro atoms. The molecule has 1 saturated heterocycles. The van der Waals surface area contributed by atoms with Gasteiger partial charge in [-0.05, 0) is 44.2 Å². The molecule has 0 bridgehead atoms. The number of nitrogens with zero attached hydrogens (tertiary/aromatic N) is 1. The van der Waals surface area contributed by atoms with Crippen molar-refractivity contribution in [3.8, 4) is 0 Å². The molecule has 1 N–H and O–H groups in total. The van der Waals surface area contributed by atoms with Gasteiger partial charge in [0.2, 0.25) is 0 Å². The number of rotatable bonds is 5. The average molecular weight is 262 g/mol. The van der Waals surface area contributed by atoms with Gasteiger partial charge in [-0.2, -0.15) is 0 Å². The fourth-order valence-corrected chi connectivity index (χ4v) is 3.78. The number of furan rings is 1. The summed E-state index contributed by atoms with van der Waals surface area (Å²) in [5, 5.41) is 3.37. The van der Waals surface area contributed by atoms with Gasteiger partial charge in [0.05, 0.1) is 6.54 Å². The molecule has 1 aliphatic heterocycles. The standard InChI is InChI=1S/C16H26N2O/c1-3-17-8-15-7-16(19-12(15)2)11-18-9-13-5-4-6-14(13)10-18/h7,13-14,17H,3-6,8-11H2,1-2H3. The van der Waals surface area contributed by atoms with Crippen LogP contribution in [0.4, 0.5) is 0 Å². The summed E-state index contributed by atoms with van der Waals surface area (Å²) in [4.78, 5) is 2.59. The highest BCUT2D eigenvalue weighted by molar-refractivity contribution is 5.20. The lowest BCUT2D eigenvalue weighted by molar-refractivity contribution is 0.274. The van der Waals surface area contributed by atoms with Gasteiger partial charge in [-0.3, -0.25) is 4.90 Å². The van der Waals surface area contributed by atoms with Crippen molar-refractivity contribution in [1.82, 2.24) is 10.2 Å². The highest BCUT2D eigenvalue weighted by atomic mass is 16.3. The predicted octanol–water partition coefficient (Wildman–Crippen LogP) is 2.93. The molecule has 1 aromatic rings. The number of nitrogens with one attached hydrogen (secondary N) is 1. The van der Waals surface area contributed by atoms with Crippen LogP contribution in [0.1, 0.15) is 43.3 Å². The van der Waals surface area contributed by atoms with E-state index in [9.17, 15) is 0 Å². The van der Waals surface area contributed by atoms with Crippen LogP contribution in [0.15, 0.2) is 10.5 Å². The maximum atomic E-state index is 5.91. The molecule has 1 aliphatic carbocycles. The molecule has 0 amide bonds. The number of likely N-dealkylation sites (tertiary alicyclic amines) is 1. The van der Waals surface area contributed by atoms with Crippen molar-refractivity contribution in [2.45, 2.75) is 46.2 Å². The van der Waals surface area contributed by atoms with E-state index in [0.29, 0.717) is 0 Å². The van der Waals surface area contributed by atoms with Crippen molar-refractivity contribution >= 4 is 0 Å². The summed E-state index contributed by atoms with van der Waals surface area (Å²) in [6.07, 6.45) is 4.35. The lowest BCUT2D eigenvalue weighted by Gasteiger charge is -2.14. The van der Waals surface area contributed by atoms with E-state index in [4.69, 9.17) is 4.42 Å². The Bertz CT molecular complexity index is 414. The Morgan fingerprint density at radius 3 is 2.74 bits per heavy atom. The molecule has 19 heavy (non-hydrogen) atoms. The average Bonchev–Trinajstić information content (AvgIpc) is 3.02. The zero-order chi connectivity index (χ0) is 13.2. The predicted molar refractivity (Wildman–Crippen MR) is 76.9 cm³/mol. The highest BCUT2D eigenvalue weighted by Crippen LogP contribution is 2.38. The lowest BCUT2D eigenvalue weighted by Crippen LogP contribution is -2.20. The van der Waals surface area contributed by atoms with Gasteiger partial charge < -0.3 is 9.73 Å². The van der Waals surface area contributed by atoms with Crippen LogP contribution >= 0.6 is 0 Å². The molecule has 2 heterocycles. The van der Waals surface area contributed by atoms with Gasteiger partial charge in [0.1, 0.15) is 11.5 Å². The molecular formula is C16H26N2O. The number of hydrogen-bond acceptors (Lipinski definition) is 3. The quantitative estimate of drug-likeness (QED) is 0.884. The van der Waals surface area contributed by atoms with E-state index in [2.05, 4.69) is 30.1 Å². The van der Waals surface area contributed by atoms with E-state index < -0.39 is 0 Å². The van der Waals surface area contributed by atoms with Gasteiger partial charge in [0.25, 0.3) is 0 Å². The monoisotopic (exact) mass is 262 g/mol. The van der Waals surface area contributed by atoms with Gasteiger partial charge in [0, 0.05) is 25.2 Å². The zero-order valence-electron chi connectivity index (χ0n) is 12.2. The fourth-order valence-electron chi connectivity index (χ4n) is 3.78. The molecule has 0 aromatic carbocycles. The third kappa shape index (κ3) is 2.87. The van der Waals surface area contributed by atoms with Gasteiger partial charge >= 0.3 is 0 Å². The van der Waals surface area contributed by atoms with E-state index in [0.717, 1.165) is 43.0 Å². The Morgan fingerprint density at radius 2 is 2.05 bits per heavy atom. The molecule has 3 rings (SSSR count). The second-order valence-corrected chi connectivity index (χ2v) is 6.22. The maximum Gasteiger partial charge on any atom is 0.118 e. The Morgan fingerprint density at radius 1 is 1.32 bits per heavy atom. The molecule has 1 saturated carbocycles. The van der Waals surface area contributed by atoms with Crippen LogP contribution in [0.2, 0.25) is 0 Å². The third-order valence-electron chi connectivity index (χ3n) is 4.82. The van der Waals surface area contributed by atoms with Crippen LogP contribution in [-0.2, 0) is 13.1 Å². The molecule has 2 atom stereocenters. The second kappa shape index (κ2) is 5.68. The normalized spacial score (nSPS) is 27.1. The van der Waals surface area contributed by atoms with E-state index in [1.165, 1.54) is 37.9 Å². The van der Waals surface area contributed by atoms with Gasteiger partial charge in [0.15, 0.2) is 0 Å². The summed E-state index contributed by atoms with van der Waals surface area (Å²) in [5.74, 6) is 4.16. The minimum absolute atomic E-state index is 0.928. The molecule has 2 aliphatic rings. The first kappa shape index (κ1) is 13.2. The minimum atomic E-state index is 0.928. The molecule has 106 valence electrons. The minimum Gasteiger partial charge on any atom is -0.465 e. The first-order chi connectivity index (χ1) is 9.26. The molecule has 3 nitrogen and oxygen atoms in total. The van der Waals surface area contributed by atoms with Gasteiger partial charge in [-0.1, -0.05) is 13.3 Å². The number of hydrogen-bond donors (Lipinski definition) is 1. The number of fused-ring (bicyclic) bond motifs is 1. The molecule has 3 heteroatoms. The molecule has 0 radical (unpaired) electrons. The second-order valence-electron chi connectivity index (χ2n) is 6.22. The SMILES string of the molecule is CCNCc1cc(CN2CC3CCCC3C2)oc1C. The van der Waals surface area contributed by atoms with Crippen LogP contribution in [0.5, 0.6) is 0 Å². The topological polar surface area (TPSA) is 28.4 Å². The summed E-state index contributed by atoms with van der Waals surface area (Å²) < 4.78 is 5.91. The molecule has 2 unspecified atom stereocenters. The van der Waals surface area contributed by atoms with Crippen molar-refractivity contribution in [2.75, 3.05) is 19.6 Å². The first-order valence-corrected chi connectivity index (χ1v) is 7.77. The summed E-state index contributed by atoms with van der Waals surface area (Å²) in [6.45, 7) is 9.72. The van der Waals surface area contributed by atoms with E-state index in [-0.39, 0.29) is 0 Å². The van der Waals surface area contributed by atoms with Crippen molar-refractivity contribution in [1.29, 1.82) is 0 Å². The third-order valence-corrected chi connectivity index (χ3v) is 4.82. The smallest absolute Gasteiger partial charge is 0.118 e. The van der Waals surface area contributed by atoms with Crippen molar-refractivity contribution in [3.63, 3.8) is 0 Å². The Kier molecular flexibility index (Phi) is 3.94. The van der Waals surface area contributed by atoms with Crippen molar-refractivity contribution in [2.24, 2.45) is 11.8 Å². The van der Waals surface area contributed by atoms with Gasteiger partial charge in [-0.15, -0.1) is 0 Å². The highest BCUT2D eigenvalue weighted by Gasteiger charge is 2.36. The maximum absolute atomic E-state index is 5.91. The first-order valence-electron chi connectivity index (χ1n) is 7.77. The Balaban J connectivity index is 1.58. The fraction of sp³-hybridized carbons (Fsp3) is 0.750. The Hall–Kier alpha value is -0.800. The van der Waals surface area contributed by atoms with Crippen LogP contribution < -0.4 is 5.32 Å². The van der Waals surface area contributed by atoms with Crippen LogP contribution in [0.3, 0.4) is 0 Å². The van der Waals surface area contributed by atoms with E-state index in [1.54, 1.807) is 0 Å². The van der Waals surface area contributed by atoms with E-state index in [1.807, 2.05) is 0 Å². The van der Waals surface area contributed by atoms with Crippen LogP contribution in [-0.4, -0.2) is 24.5 Å². The van der Waals surface area contributed by atoms with Crippen LogP contribution in [0, 0.1) is 18.8 Å². The summed E-state index contributed by atoms with van der Waals surface area (Å²) >= 11 is 0. The number of aryl methyl sites for hydroxylation is 1. The molecular weight excluding hydrogens is 236 g/mol. The lowest BCUT2D eigenvalue weighted by atomic mass is 10.0. The van der Waals surface area contributed by atoms with E-state index >= 15 is 0 Å². The molecule has 1 aromatic heterocycles. The van der Waals surface area contributed by atoms with Crippen molar-refractivity contribution < 1.29 is 4.42 Å². The zero-order valence-corrected chi connectivity index (χ0v) is 12.2. The Labute approximate surface area is 116 Å². The molecule has 2 fully saturated rings. The largest absolute Gasteiger partial charge is 0.465 e.